The summed E-state index contributed by atoms with van der Waals surface area (Å²) in [4.78, 5) is 32.6. The predicted octanol–water partition coefficient (Wildman–Crippen LogP) is 2.34. The molecule has 0 unspecified atom stereocenters. The highest BCUT2D eigenvalue weighted by Gasteiger charge is 2.28. The molecule has 0 bridgehead atoms. The Morgan fingerprint density at radius 2 is 1.92 bits per heavy atom. The molecule has 6 heteroatoms. The van der Waals surface area contributed by atoms with Gasteiger partial charge in [0.05, 0.1) is 12.2 Å². The van der Waals surface area contributed by atoms with E-state index in [4.69, 9.17) is 4.74 Å². The third-order valence-electron chi connectivity index (χ3n) is 4.01. The van der Waals surface area contributed by atoms with E-state index < -0.39 is 0 Å². The molecule has 24 heavy (non-hydrogen) atoms. The Kier molecular flexibility index (Phi) is 5.80. The van der Waals surface area contributed by atoms with Crippen LogP contribution in [0.2, 0.25) is 0 Å². The molecule has 1 aliphatic heterocycles. The predicted molar refractivity (Wildman–Crippen MR) is 93.1 cm³/mol. The molecule has 2 rings (SSSR count). The van der Waals surface area contributed by atoms with Gasteiger partial charge < -0.3 is 14.5 Å². The van der Waals surface area contributed by atoms with Gasteiger partial charge in [-0.2, -0.15) is 0 Å². The van der Waals surface area contributed by atoms with Crippen LogP contribution in [0.25, 0.3) is 0 Å². The van der Waals surface area contributed by atoms with Crippen LogP contribution < -0.4 is 4.90 Å². The number of anilines is 1. The van der Waals surface area contributed by atoms with Crippen molar-refractivity contribution >= 4 is 17.7 Å². The van der Waals surface area contributed by atoms with Gasteiger partial charge in [0.15, 0.2) is 0 Å². The molecule has 1 aliphatic rings. The molecule has 1 saturated heterocycles. The van der Waals surface area contributed by atoms with Crippen LogP contribution in [-0.2, 0) is 9.53 Å². The van der Waals surface area contributed by atoms with Crippen molar-refractivity contribution in [3.8, 4) is 0 Å². The van der Waals surface area contributed by atoms with Crippen molar-refractivity contribution < 1.29 is 14.3 Å². The van der Waals surface area contributed by atoms with Crippen LogP contribution in [0.4, 0.5) is 5.82 Å². The van der Waals surface area contributed by atoms with Gasteiger partial charge in [-0.3, -0.25) is 4.79 Å². The average Bonchev–Trinajstić information content (AvgIpc) is 2.79. The number of rotatable bonds is 3. The summed E-state index contributed by atoms with van der Waals surface area (Å²) in [5.41, 5.74) is 0.106. The molecule has 0 aliphatic carbocycles. The second-order valence-corrected chi connectivity index (χ2v) is 7.01. The molecular formula is C18H27N3O3. The summed E-state index contributed by atoms with van der Waals surface area (Å²) in [5.74, 6) is 0.664. The number of amides is 1. The molecule has 1 amide bonds. The molecule has 0 spiro atoms. The lowest BCUT2D eigenvalue weighted by molar-refractivity contribution is -0.139. The number of ether oxygens (including phenoxy) is 1. The molecular weight excluding hydrogens is 306 g/mol. The zero-order valence-corrected chi connectivity index (χ0v) is 15.0. The lowest BCUT2D eigenvalue weighted by Crippen LogP contribution is -2.41. The van der Waals surface area contributed by atoms with Gasteiger partial charge in [0.25, 0.3) is 0 Å². The summed E-state index contributed by atoms with van der Waals surface area (Å²) in [6.07, 6.45) is 2.46. The van der Waals surface area contributed by atoms with Crippen LogP contribution in [-0.4, -0.2) is 54.5 Å². The molecule has 1 fully saturated rings. The maximum absolute atomic E-state index is 12.4. The highest BCUT2D eigenvalue weighted by molar-refractivity contribution is 5.89. The molecule has 0 aromatic carbocycles. The van der Waals surface area contributed by atoms with E-state index in [1.165, 1.54) is 0 Å². The SMILES string of the molecule is CCOC(=O)c1ccc(N2CCCN(C(=O)C(C)(C)C)CC2)nc1. The van der Waals surface area contributed by atoms with Crippen molar-refractivity contribution in [1.29, 1.82) is 0 Å². The quantitative estimate of drug-likeness (QED) is 0.795. The average molecular weight is 333 g/mol. The highest BCUT2D eigenvalue weighted by Crippen LogP contribution is 2.20. The van der Waals surface area contributed by atoms with Crippen LogP contribution in [0.1, 0.15) is 44.5 Å². The summed E-state index contributed by atoms with van der Waals surface area (Å²) in [6, 6.07) is 3.58. The van der Waals surface area contributed by atoms with E-state index in [1.54, 1.807) is 19.2 Å². The number of hydrogen-bond acceptors (Lipinski definition) is 5. The summed E-state index contributed by atoms with van der Waals surface area (Å²) in [7, 11) is 0. The van der Waals surface area contributed by atoms with Gasteiger partial charge in [0, 0.05) is 37.8 Å². The summed E-state index contributed by atoms with van der Waals surface area (Å²) in [6.45, 7) is 11.0. The molecule has 132 valence electrons. The van der Waals surface area contributed by atoms with E-state index in [2.05, 4.69) is 9.88 Å². The van der Waals surface area contributed by atoms with Crippen molar-refractivity contribution in [1.82, 2.24) is 9.88 Å². The number of esters is 1. The third kappa shape index (κ3) is 4.46. The smallest absolute Gasteiger partial charge is 0.339 e. The summed E-state index contributed by atoms with van der Waals surface area (Å²) >= 11 is 0. The van der Waals surface area contributed by atoms with E-state index in [-0.39, 0.29) is 17.3 Å². The maximum Gasteiger partial charge on any atom is 0.339 e. The molecule has 2 heterocycles. The van der Waals surface area contributed by atoms with Crippen molar-refractivity contribution in [3.63, 3.8) is 0 Å². The summed E-state index contributed by atoms with van der Waals surface area (Å²) < 4.78 is 4.97. The van der Waals surface area contributed by atoms with E-state index in [0.29, 0.717) is 18.7 Å². The lowest BCUT2D eigenvalue weighted by atomic mass is 9.94. The van der Waals surface area contributed by atoms with E-state index in [9.17, 15) is 9.59 Å². The lowest BCUT2D eigenvalue weighted by Gasteiger charge is -2.28. The first-order chi connectivity index (χ1) is 11.3. The van der Waals surface area contributed by atoms with Crippen molar-refractivity contribution in [3.05, 3.63) is 23.9 Å². The normalized spacial score (nSPS) is 15.8. The van der Waals surface area contributed by atoms with Gasteiger partial charge in [-0.05, 0) is 25.5 Å². The Morgan fingerprint density at radius 3 is 2.50 bits per heavy atom. The minimum Gasteiger partial charge on any atom is -0.462 e. The van der Waals surface area contributed by atoms with Crippen LogP contribution in [0.5, 0.6) is 0 Å². The molecule has 1 aromatic heterocycles. The van der Waals surface area contributed by atoms with Crippen molar-refractivity contribution in [2.75, 3.05) is 37.7 Å². The Hall–Kier alpha value is -2.11. The van der Waals surface area contributed by atoms with Gasteiger partial charge in [-0.15, -0.1) is 0 Å². The zero-order chi connectivity index (χ0) is 17.7. The van der Waals surface area contributed by atoms with E-state index >= 15 is 0 Å². The Balaban J connectivity index is 2.01. The maximum atomic E-state index is 12.4. The fraction of sp³-hybridized carbons (Fsp3) is 0.611. The molecule has 0 saturated carbocycles. The van der Waals surface area contributed by atoms with Gasteiger partial charge in [0.2, 0.25) is 5.91 Å². The standard InChI is InChI=1S/C18H27N3O3/c1-5-24-16(22)14-7-8-15(19-13-14)20-9-6-10-21(12-11-20)17(23)18(2,3)4/h7-8,13H,5-6,9-12H2,1-4H3. The van der Waals surface area contributed by atoms with E-state index in [1.807, 2.05) is 31.7 Å². The first-order valence-corrected chi connectivity index (χ1v) is 8.50. The van der Waals surface area contributed by atoms with Crippen LogP contribution in [0.15, 0.2) is 18.3 Å². The number of carbonyl (C=O) groups is 2. The number of aromatic nitrogens is 1. The number of hydrogen-bond donors (Lipinski definition) is 0. The van der Waals surface area contributed by atoms with Gasteiger partial charge in [0.1, 0.15) is 5.82 Å². The van der Waals surface area contributed by atoms with Gasteiger partial charge >= 0.3 is 5.97 Å². The Morgan fingerprint density at radius 1 is 1.17 bits per heavy atom. The Bertz CT molecular complexity index is 578. The second-order valence-electron chi connectivity index (χ2n) is 7.01. The molecule has 0 radical (unpaired) electrons. The highest BCUT2D eigenvalue weighted by atomic mass is 16.5. The molecule has 0 N–H and O–H groups in total. The number of nitrogens with zero attached hydrogens (tertiary/aromatic N) is 3. The first-order valence-electron chi connectivity index (χ1n) is 8.50. The van der Waals surface area contributed by atoms with Crippen LogP contribution in [0.3, 0.4) is 0 Å². The van der Waals surface area contributed by atoms with Crippen LogP contribution in [0, 0.1) is 5.41 Å². The summed E-state index contributed by atoms with van der Waals surface area (Å²) in [5, 5.41) is 0. The van der Waals surface area contributed by atoms with Gasteiger partial charge in [-0.25, -0.2) is 9.78 Å². The molecule has 6 nitrogen and oxygen atoms in total. The van der Waals surface area contributed by atoms with Crippen molar-refractivity contribution in [2.24, 2.45) is 5.41 Å². The largest absolute Gasteiger partial charge is 0.462 e. The molecule has 0 atom stereocenters. The zero-order valence-electron chi connectivity index (χ0n) is 15.0. The fourth-order valence-electron chi connectivity index (χ4n) is 2.73. The third-order valence-corrected chi connectivity index (χ3v) is 4.01. The van der Waals surface area contributed by atoms with Crippen molar-refractivity contribution in [2.45, 2.75) is 34.1 Å². The fourth-order valence-corrected chi connectivity index (χ4v) is 2.73. The first kappa shape index (κ1) is 18.2. The minimum absolute atomic E-state index is 0.190. The Labute approximate surface area is 143 Å². The van der Waals surface area contributed by atoms with Crippen LogP contribution >= 0.6 is 0 Å². The minimum atomic E-state index is -0.352. The second kappa shape index (κ2) is 7.64. The molecule has 1 aromatic rings. The van der Waals surface area contributed by atoms with Gasteiger partial charge in [-0.1, -0.05) is 20.8 Å². The number of carbonyl (C=O) groups excluding carboxylic acids is 2. The number of pyridine rings is 1. The van der Waals surface area contributed by atoms with E-state index in [0.717, 1.165) is 31.9 Å². The monoisotopic (exact) mass is 333 g/mol. The topological polar surface area (TPSA) is 62.7 Å².